The van der Waals surface area contributed by atoms with Gasteiger partial charge in [0.25, 0.3) is 0 Å². The number of methoxy groups -OCH3 is 1. The van der Waals surface area contributed by atoms with E-state index in [9.17, 15) is 13.2 Å². The third-order valence-electron chi connectivity index (χ3n) is 6.18. The largest absolute Gasteiger partial charge is 0.493 e. The maximum Gasteiger partial charge on any atom is 0.417 e. The average Bonchev–Trinajstić information content (AvgIpc) is 3.50. The third kappa shape index (κ3) is 4.78. The number of imidazole rings is 1. The lowest BCUT2D eigenvalue weighted by molar-refractivity contribution is -0.137. The molecular weight excluding hydrogens is 491 g/mol. The van der Waals surface area contributed by atoms with E-state index >= 15 is 0 Å². The van der Waals surface area contributed by atoms with Crippen molar-refractivity contribution in [3.8, 4) is 17.3 Å². The number of hydrogen-bond donors (Lipinski definition) is 0. The Morgan fingerprint density at radius 1 is 1.06 bits per heavy atom. The monoisotopic (exact) mass is 513 g/mol. The molecule has 2 aromatic heterocycles. The van der Waals surface area contributed by atoms with Gasteiger partial charge in [-0.05, 0) is 62.1 Å². The van der Waals surface area contributed by atoms with Crippen molar-refractivity contribution in [2.24, 2.45) is 0 Å². The Labute approximate surface area is 211 Å². The van der Waals surface area contributed by atoms with Crippen molar-refractivity contribution in [1.82, 2.24) is 14.5 Å². The molecule has 2 heterocycles. The van der Waals surface area contributed by atoms with E-state index in [1.165, 1.54) is 0 Å². The molecule has 0 spiro atoms. The predicted molar refractivity (Wildman–Crippen MR) is 134 cm³/mol. The van der Waals surface area contributed by atoms with Crippen LogP contribution >= 0.6 is 11.6 Å². The number of benzene rings is 2. The van der Waals surface area contributed by atoms with Crippen molar-refractivity contribution in [2.75, 3.05) is 7.11 Å². The second-order valence-electron chi connectivity index (χ2n) is 8.56. The summed E-state index contributed by atoms with van der Waals surface area (Å²) >= 11 is 6.30. The molecule has 1 aliphatic carbocycles. The Balaban J connectivity index is 1.59. The summed E-state index contributed by atoms with van der Waals surface area (Å²) in [7, 11) is 1.60. The minimum atomic E-state index is -4.54. The predicted octanol–water partition coefficient (Wildman–Crippen LogP) is 7.59. The average molecular weight is 514 g/mol. The number of para-hydroxylation sites is 3. The van der Waals surface area contributed by atoms with E-state index in [4.69, 9.17) is 21.1 Å². The molecule has 5 rings (SSSR count). The van der Waals surface area contributed by atoms with Crippen LogP contribution < -0.4 is 9.47 Å². The Bertz CT molecular complexity index is 1430. The van der Waals surface area contributed by atoms with E-state index in [1.54, 1.807) is 17.8 Å². The summed E-state index contributed by atoms with van der Waals surface area (Å²) in [6, 6.07) is 13.8. The van der Waals surface area contributed by atoms with Crippen molar-refractivity contribution in [3.05, 3.63) is 76.7 Å². The standard InChI is InChI=1S/C27H23ClF3N3O2/c1-35-23-12-6-7-17(25(23)36-19-8-2-3-9-19)13-14-24-33-21-10-4-5-11-22(21)34(24)26-20(28)15-18(16-32-26)27(29,30)31/h4-7,10-16,19H,2-3,8-9H2,1H3/b14-13+. The fraction of sp³-hybridized carbons (Fsp3) is 0.259. The summed E-state index contributed by atoms with van der Waals surface area (Å²) < 4.78 is 53.0. The van der Waals surface area contributed by atoms with Gasteiger partial charge in [0.1, 0.15) is 5.82 Å². The number of fused-ring (bicyclic) bond motifs is 1. The van der Waals surface area contributed by atoms with Crippen LogP contribution in [0.3, 0.4) is 0 Å². The van der Waals surface area contributed by atoms with Crippen LogP contribution in [0.2, 0.25) is 5.02 Å². The van der Waals surface area contributed by atoms with Crippen molar-refractivity contribution in [3.63, 3.8) is 0 Å². The number of pyridine rings is 1. The van der Waals surface area contributed by atoms with Crippen LogP contribution in [0.1, 0.15) is 42.6 Å². The molecule has 5 nitrogen and oxygen atoms in total. The van der Waals surface area contributed by atoms with Gasteiger partial charge in [0, 0.05) is 11.8 Å². The molecule has 0 amide bonds. The van der Waals surface area contributed by atoms with Crippen molar-refractivity contribution >= 4 is 34.8 Å². The molecule has 0 aliphatic heterocycles. The zero-order chi connectivity index (χ0) is 25.3. The smallest absolute Gasteiger partial charge is 0.417 e. The second-order valence-corrected chi connectivity index (χ2v) is 8.96. The van der Waals surface area contributed by atoms with Gasteiger partial charge in [-0.2, -0.15) is 13.2 Å². The molecule has 1 saturated carbocycles. The number of hydrogen-bond acceptors (Lipinski definition) is 4. The van der Waals surface area contributed by atoms with Crippen molar-refractivity contribution < 1.29 is 22.6 Å². The van der Waals surface area contributed by atoms with Gasteiger partial charge in [0.2, 0.25) is 0 Å². The van der Waals surface area contributed by atoms with E-state index < -0.39 is 11.7 Å². The molecule has 0 N–H and O–H groups in total. The highest BCUT2D eigenvalue weighted by Crippen LogP contribution is 2.37. The zero-order valence-corrected chi connectivity index (χ0v) is 20.2. The van der Waals surface area contributed by atoms with E-state index in [1.807, 2.05) is 48.5 Å². The molecule has 36 heavy (non-hydrogen) atoms. The number of halogens is 4. The summed E-state index contributed by atoms with van der Waals surface area (Å²) in [4.78, 5) is 8.73. The van der Waals surface area contributed by atoms with E-state index in [0.717, 1.165) is 43.5 Å². The number of rotatable bonds is 6. The molecule has 1 fully saturated rings. The highest BCUT2D eigenvalue weighted by Gasteiger charge is 2.32. The Hall–Kier alpha value is -3.52. The lowest BCUT2D eigenvalue weighted by atomic mass is 10.1. The third-order valence-corrected chi connectivity index (χ3v) is 6.45. The minimum absolute atomic E-state index is 0.130. The lowest BCUT2D eigenvalue weighted by Gasteiger charge is -2.18. The number of ether oxygens (including phenoxy) is 2. The van der Waals surface area contributed by atoms with E-state index in [0.29, 0.717) is 28.4 Å². The molecule has 1 aliphatic rings. The molecule has 0 bridgehead atoms. The number of aromatic nitrogens is 3. The molecule has 186 valence electrons. The molecule has 9 heteroatoms. The van der Waals surface area contributed by atoms with Gasteiger partial charge in [-0.1, -0.05) is 35.9 Å². The van der Waals surface area contributed by atoms with Crippen molar-refractivity contribution in [2.45, 2.75) is 38.0 Å². The van der Waals surface area contributed by atoms with Gasteiger partial charge >= 0.3 is 6.18 Å². The van der Waals surface area contributed by atoms with Crippen LogP contribution in [-0.2, 0) is 6.18 Å². The molecular formula is C27H23ClF3N3O2. The zero-order valence-electron chi connectivity index (χ0n) is 19.4. The number of nitrogens with zero attached hydrogens (tertiary/aromatic N) is 3. The first-order valence-corrected chi connectivity index (χ1v) is 12.0. The van der Waals surface area contributed by atoms with Crippen LogP contribution in [0.5, 0.6) is 11.5 Å². The molecule has 0 radical (unpaired) electrons. The summed E-state index contributed by atoms with van der Waals surface area (Å²) in [6.07, 6.45) is 4.24. The van der Waals surface area contributed by atoms with Crippen LogP contribution in [0.25, 0.3) is 29.0 Å². The van der Waals surface area contributed by atoms with Crippen LogP contribution in [-0.4, -0.2) is 27.7 Å². The topological polar surface area (TPSA) is 49.2 Å². The second kappa shape index (κ2) is 9.85. The Morgan fingerprint density at radius 2 is 1.83 bits per heavy atom. The SMILES string of the molecule is COc1cccc(/C=C/c2nc3ccccc3n2-c2ncc(C(F)(F)F)cc2Cl)c1OC1CCCC1. The summed E-state index contributed by atoms with van der Waals surface area (Å²) in [5.41, 5.74) is 1.21. The van der Waals surface area contributed by atoms with Gasteiger partial charge in [-0.15, -0.1) is 0 Å². The van der Waals surface area contributed by atoms with Gasteiger partial charge in [0.05, 0.1) is 34.8 Å². The summed E-state index contributed by atoms with van der Waals surface area (Å²) in [6.45, 7) is 0. The first-order chi connectivity index (χ1) is 17.3. The molecule has 0 atom stereocenters. The highest BCUT2D eigenvalue weighted by atomic mass is 35.5. The Morgan fingerprint density at radius 3 is 2.56 bits per heavy atom. The van der Waals surface area contributed by atoms with E-state index in [-0.39, 0.29) is 16.9 Å². The minimum Gasteiger partial charge on any atom is -0.493 e. The first-order valence-electron chi connectivity index (χ1n) is 11.6. The molecule has 0 unspecified atom stereocenters. The number of alkyl halides is 3. The van der Waals surface area contributed by atoms with Gasteiger partial charge in [-0.25, -0.2) is 9.97 Å². The highest BCUT2D eigenvalue weighted by molar-refractivity contribution is 6.32. The van der Waals surface area contributed by atoms with Gasteiger partial charge in [0.15, 0.2) is 17.3 Å². The maximum absolute atomic E-state index is 13.2. The van der Waals surface area contributed by atoms with Crippen LogP contribution in [0.15, 0.2) is 54.7 Å². The van der Waals surface area contributed by atoms with Crippen molar-refractivity contribution in [1.29, 1.82) is 0 Å². The Kier molecular flexibility index (Phi) is 6.62. The normalized spacial score (nSPS) is 14.7. The molecule has 0 saturated heterocycles. The molecule has 2 aromatic carbocycles. The maximum atomic E-state index is 13.2. The molecule has 4 aromatic rings. The van der Waals surface area contributed by atoms with Crippen LogP contribution in [0.4, 0.5) is 13.2 Å². The van der Waals surface area contributed by atoms with E-state index in [2.05, 4.69) is 9.97 Å². The fourth-order valence-corrected chi connectivity index (χ4v) is 4.67. The summed E-state index contributed by atoms with van der Waals surface area (Å²) in [5.74, 6) is 1.90. The lowest BCUT2D eigenvalue weighted by Crippen LogP contribution is -2.12. The first kappa shape index (κ1) is 24.2. The fourth-order valence-electron chi connectivity index (χ4n) is 4.42. The quantitative estimate of drug-likeness (QED) is 0.266. The van der Waals surface area contributed by atoms with Gasteiger partial charge < -0.3 is 9.47 Å². The summed E-state index contributed by atoms with van der Waals surface area (Å²) in [5, 5.41) is -0.130. The van der Waals surface area contributed by atoms with Crippen LogP contribution in [0, 0.1) is 0 Å². The van der Waals surface area contributed by atoms with Gasteiger partial charge in [-0.3, -0.25) is 4.57 Å².